The molecule has 1 aromatic carbocycles. The van der Waals surface area contributed by atoms with Gasteiger partial charge in [-0.05, 0) is 54.6 Å². The first-order chi connectivity index (χ1) is 14.8. The summed E-state index contributed by atoms with van der Waals surface area (Å²) in [7, 11) is 0. The van der Waals surface area contributed by atoms with Crippen LogP contribution in [0, 0.1) is 0 Å². The molecule has 2 N–H and O–H groups in total. The fraction of sp³-hybridized carbons (Fsp3) is 0.174. The number of nitrogens with two attached hydrogens (primary N) is 1. The molecule has 4 heterocycles. The number of nitrogens with zero attached hydrogens (tertiary/aromatic N) is 5. The molecule has 3 aromatic heterocycles. The number of rotatable bonds is 4. The molecule has 1 aliphatic heterocycles. The fourth-order valence-corrected chi connectivity index (χ4v) is 3.59. The summed E-state index contributed by atoms with van der Waals surface area (Å²) in [5.41, 5.74) is 9.79. The summed E-state index contributed by atoms with van der Waals surface area (Å²) in [6.45, 7) is 3.19. The van der Waals surface area contributed by atoms with Crippen molar-refractivity contribution in [3.8, 4) is 5.69 Å². The maximum absolute atomic E-state index is 6.24. The Hall–Kier alpha value is -3.71. The molecule has 7 heteroatoms. The third-order valence-electron chi connectivity index (χ3n) is 5.21. The first-order valence-electron chi connectivity index (χ1n) is 9.94. The smallest absolute Gasteiger partial charge is 0.144 e. The first-order valence-corrected chi connectivity index (χ1v) is 9.94. The van der Waals surface area contributed by atoms with Crippen molar-refractivity contribution < 1.29 is 4.74 Å². The van der Waals surface area contributed by atoms with Crippen molar-refractivity contribution in [3.63, 3.8) is 0 Å². The van der Waals surface area contributed by atoms with Crippen LogP contribution < -0.4 is 10.6 Å². The summed E-state index contributed by atoms with van der Waals surface area (Å²) in [5, 5.41) is 1.11. The van der Waals surface area contributed by atoms with Gasteiger partial charge in [-0.15, -0.1) is 0 Å². The van der Waals surface area contributed by atoms with E-state index in [2.05, 4.69) is 36.6 Å². The van der Waals surface area contributed by atoms with Crippen LogP contribution in [0.2, 0.25) is 0 Å². The van der Waals surface area contributed by atoms with Crippen LogP contribution in [0.1, 0.15) is 5.56 Å². The Bertz CT molecular complexity index is 1170. The Kier molecular flexibility index (Phi) is 4.86. The summed E-state index contributed by atoms with van der Waals surface area (Å²) in [4.78, 5) is 15.7. The average Bonchev–Trinajstić information content (AvgIpc) is 3.24. The lowest BCUT2D eigenvalue weighted by molar-refractivity contribution is 0.122. The lowest BCUT2D eigenvalue weighted by Gasteiger charge is -2.27. The zero-order valence-corrected chi connectivity index (χ0v) is 16.5. The number of ether oxygens (including phenoxy) is 1. The molecule has 0 atom stereocenters. The van der Waals surface area contributed by atoms with Crippen LogP contribution in [-0.2, 0) is 4.74 Å². The second-order valence-corrected chi connectivity index (χ2v) is 7.12. The Morgan fingerprint density at radius 1 is 0.967 bits per heavy atom. The number of fused-ring (bicyclic) bond motifs is 1. The van der Waals surface area contributed by atoms with Gasteiger partial charge in [0, 0.05) is 42.1 Å². The molecule has 0 saturated carbocycles. The lowest BCUT2D eigenvalue weighted by atomic mass is 10.2. The minimum Gasteiger partial charge on any atom is -0.383 e. The van der Waals surface area contributed by atoms with Crippen LogP contribution in [0.3, 0.4) is 0 Å². The van der Waals surface area contributed by atoms with Crippen LogP contribution in [0.15, 0.2) is 78.2 Å². The molecule has 1 aliphatic rings. The highest BCUT2D eigenvalue weighted by molar-refractivity contribution is 5.99. The van der Waals surface area contributed by atoms with Crippen molar-refractivity contribution in [1.29, 1.82) is 0 Å². The number of hydrogen-bond donors (Lipinski definition) is 1. The normalized spacial score (nSPS) is 14.9. The molecule has 150 valence electrons. The number of anilines is 1. The van der Waals surface area contributed by atoms with Crippen molar-refractivity contribution in [2.24, 2.45) is 10.7 Å². The predicted octanol–water partition coefficient (Wildman–Crippen LogP) is 3.29. The Balaban J connectivity index is 1.34. The number of benzene rings is 1. The molecular weight excluding hydrogens is 376 g/mol. The standard InChI is InChI=1S/C23H22N6O/c24-22(27-19-5-8-21(26-16-19)28-12-14-30-15-13-28)17-3-6-20(7-4-17)29-11-9-18-2-1-10-25-23(18)29/h1-11,16H,12-15H2,(H2,24,27). The third-order valence-corrected chi connectivity index (χ3v) is 5.21. The van der Waals surface area contributed by atoms with E-state index in [0.717, 1.165) is 60.1 Å². The van der Waals surface area contributed by atoms with Gasteiger partial charge in [0.25, 0.3) is 0 Å². The van der Waals surface area contributed by atoms with Crippen LogP contribution in [0.4, 0.5) is 11.5 Å². The second-order valence-electron chi connectivity index (χ2n) is 7.12. The summed E-state index contributed by atoms with van der Waals surface area (Å²) in [6, 6.07) is 17.9. The van der Waals surface area contributed by atoms with E-state index in [0.29, 0.717) is 5.84 Å². The molecule has 0 bridgehead atoms. The zero-order valence-electron chi connectivity index (χ0n) is 16.5. The van der Waals surface area contributed by atoms with Crippen LogP contribution in [-0.4, -0.2) is 46.7 Å². The average molecular weight is 398 g/mol. The molecule has 1 fully saturated rings. The number of morpholine rings is 1. The molecule has 0 radical (unpaired) electrons. The van der Waals surface area contributed by atoms with Gasteiger partial charge in [-0.2, -0.15) is 0 Å². The third kappa shape index (κ3) is 3.62. The molecule has 0 spiro atoms. The molecule has 30 heavy (non-hydrogen) atoms. The van der Waals surface area contributed by atoms with Crippen molar-refractivity contribution >= 4 is 28.4 Å². The molecule has 0 amide bonds. The number of aliphatic imine (C=N–C) groups is 1. The van der Waals surface area contributed by atoms with Gasteiger partial charge in [0.1, 0.15) is 17.3 Å². The van der Waals surface area contributed by atoms with Gasteiger partial charge in [0.05, 0.1) is 25.1 Å². The Morgan fingerprint density at radius 2 is 1.80 bits per heavy atom. The van der Waals surface area contributed by atoms with E-state index in [1.807, 2.05) is 48.7 Å². The van der Waals surface area contributed by atoms with Gasteiger partial charge in [-0.25, -0.2) is 15.0 Å². The van der Waals surface area contributed by atoms with Gasteiger partial charge in [-0.1, -0.05) is 0 Å². The van der Waals surface area contributed by atoms with E-state index in [1.54, 1.807) is 12.4 Å². The van der Waals surface area contributed by atoms with E-state index < -0.39 is 0 Å². The van der Waals surface area contributed by atoms with Gasteiger partial charge >= 0.3 is 0 Å². The number of amidine groups is 1. The molecule has 1 saturated heterocycles. The van der Waals surface area contributed by atoms with Crippen molar-refractivity contribution in [2.75, 3.05) is 31.2 Å². The Labute approximate surface area is 174 Å². The molecule has 0 aliphatic carbocycles. The van der Waals surface area contributed by atoms with Gasteiger partial charge in [0.2, 0.25) is 0 Å². The highest BCUT2D eigenvalue weighted by Gasteiger charge is 2.12. The first kappa shape index (κ1) is 18.3. The van der Waals surface area contributed by atoms with Crippen molar-refractivity contribution in [3.05, 3.63) is 78.8 Å². The molecule has 0 unspecified atom stereocenters. The highest BCUT2D eigenvalue weighted by atomic mass is 16.5. The summed E-state index contributed by atoms with van der Waals surface area (Å²) in [6.07, 6.45) is 5.58. The van der Waals surface area contributed by atoms with E-state index in [9.17, 15) is 0 Å². The van der Waals surface area contributed by atoms with E-state index in [1.165, 1.54) is 0 Å². The van der Waals surface area contributed by atoms with Crippen LogP contribution >= 0.6 is 0 Å². The number of pyridine rings is 2. The number of aromatic nitrogens is 3. The van der Waals surface area contributed by atoms with Crippen LogP contribution in [0.5, 0.6) is 0 Å². The predicted molar refractivity (Wildman–Crippen MR) is 119 cm³/mol. The molecule has 7 nitrogen and oxygen atoms in total. The summed E-state index contributed by atoms with van der Waals surface area (Å²) >= 11 is 0. The second kappa shape index (κ2) is 7.96. The van der Waals surface area contributed by atoms with Gasteiger partial charge in [0.15, 0.2) is 0 Å². The lowest BCUT2D eigenvalue weighted by Crippen LogP contribution is -2.36. The molecular formula is C23H22N6O. The number of hydrogen-bond acceptors (Lipinski definition) is 5. The monoisotopic (exact) mass is 398 g/mol. The minimum atomic E-state index is 0.456. The van der Waals surface area contributed by atoms with Gasteiger partial charge in [-0.3, -0.25) is 0 Å². The van der Waals surface area contributed by atoms with Crippen molar-refractivity contribution in [2.45, 2.75) is 0 Å². The van der Waals surface area contributed by atoms with Crippen LogP contribution in [0.25, 0.3) is 16.7 Å². The highest BCUT2D eigenvalue weighted by Crippen LogP contribution is 2.20. The van der Waals surface area contributed by atoms with E-state index >= 15 is 0 Å². The summed E-state index contributed by atoms with van der Waals surface area (Å²) < 4.78 is 7.44. The van der Waals surface area contributed by atoms with E-state index in [-0.39, 0.29) is 0 Å². The molecule has 4 aromatic rings. The largest absolute Gasteiger partial charge is 0.383 e. The quantitative estimate of drug-likeness (QED) is 0.421. The maximum atomic E-state index is 6.24. The van der Waals surface area contributed by atoms with Crippen molar-refractivity contribution in [1.82, 2.24) is 14.5 Å². The maximum Gasteiger partial charge on any atom is 0.144 e. The topological polar surface area (TPSA) is 81.6 Å². The fourth-order valence-electron chi connectivity index (χ4n) is 3.59. The SMILES string of the molecule is N/C(=N/c1ccc(N2CCOCC2)nc1)c1ccc(-n2ccc3cccnc32)cc1. The zero-order chi connectivity index (χ0) is 20.3. The molecule has 5 rings (SSSR count). The van der Waals surface area contributed by atoms with Gasteiger partial charge < -0.3 is 19.9 Å². The van der Waals surface area contributed by atoms with E-state index in [4.69, 9.17) is 10.5 Å². The minimum absolute atomic E-state index is 0.456. The Morgan fingerprint density at radius 3 is 2.57 bits per heavy atom. The summed E-state index contributed by atoms with van der Waals surface area (Å²) in [5.74, 6) is 1.39.